The Bertz CT molecular complexity index is 999. The van der Waals surface area contributed by atoms with Crippen molar-refractivity contribution >= 4 is 0 Å². The fourth-order valence-electron chi connectivity index (χ4n) is 11.1. The van der Waals surface area contributed by atoms with E-state index < -0.39 is 0 Å². The van der Waals surface area contributed by atoms with Crippen LogP contribution in [-0.2, 0) is 6.42 Å². The summed E-state index contributed by atoms with van der Waals surface area (Å²) in [5.74, 6) is 4.61. The van der Waals surface area contributed by atoms with Crippen molar-refractivity contribution in [2.45, 2.75) is 64.3 Å². The van der Waals surface area contributed by atoms with Crippen molar-refractivity contribution < 1.29 is 4.74 Å². The highest BCUT2D eigenvalue weighted by Crippen LogP contribution is 2.81. The van der Waals surface area contributed by atoms with Gasteiger partial charge in [0.05, 0.1) is 0 Å². The first-order valence-corrected chi connectivity index (χ1v) is 14.1. The minimum absolute atomic E-state index is 0.474. The monoisotopic (exact) mass is 460 g/mol. The summed E-state index contributed by atoms with van der Waals surface area (Å²) in [6.45, 7) is 5.90. The number of nitrogens with zero attached hydrogens (tertiary/aromatic N) is 2. The summed E-state index contributed by atoms with van der Waals surface area (Å²) >= 11 is 0. The van der Waals surface area contributed by atoms with Crippen molar-refractivity contribution in [2.75, 3.05) is 40.8 Å². The maximum absolute atomic E-state index is 6.42. The lowest BCUT2D eigenvalue weighted by molar-refractivity contribution is -0.170. The van der Waals surface area contributed by atoms with E-state index in [2.05, 4.69) is 68.2 Å². The summed E-state index contributed by atoms with van der Waals surface area (Å²) in [6, 6.07) is 9.72. The molecule has 1 aromatic rings. The fraction of sp³-hybridized carbons (Fsp3) is 0.742. The van der Waals surface area contributed by atoms with Gasteiger partial charge in [-0.25, -0.2) is 0 Å². The zero-order valence-corrected chi connectivity index (χ0v) is 21.9. The molecule has 3 nitrogen and oxygen atoms in total. The molecule has 6 unspecified atom stereocenters. The summed E-state index contributed by atoms with van der Waals surface area (Å²) < 4.78 is 6.42. The number of hydrogen-bond acceptors (Lipinski definition) is 3. The predicted molar refractivity (Wildman–Crippen MR) is 138 cm³/mol. The van der Waals surface area contributed by atoms with Crippen LogP contribution < -0.4 is 4.74 Å². The van der Waals surface area contributed by atoms with Crippen LogP contribution in [0.3, 0.4) is 0 Å². The Morgan fingerprint density at radius 1 is 1.06 bits per heavy atom. The Hall–Kier alpha value is -1.32. The van der Waals surface area contributed by atoms with Crippen LogP contribution in [0.15, 0.2) is 35.9 Å². The SMILES string of the molecule is CN(C)CCc1ccc(OCC2=C[C@]34CC[C@@H]5C6(C)CCCC57C(C3CC2CC74)N(C)C6)cc1. The van der Waals surface area contributed by atoms with Gasteiger partial charge in [-0.1, -0.05) is 31.6 Å². The Balaban J connectivity index is 1.14. The Kier molecular flexibility index (Phi) is 4.74. The smallest absolute Gasteiger partial charge is 0.119 e. The van der Waals surface area contributed by atoms with E-state index in [0.717, 1.165) is 55.0 Å². The molecule has 0 aromatic heterocycles. The molecule has 0 N–H and O–H groups in total. The van der Waals surface area contributed by atoms with Crippen molar-refractivity contribution in [3.05, 3.63) is 41.5 Å². The number of benzene rings is 1. The Labute approximate surface area is 206 Å². The number of rotatable bonds is 6. The standard InChI is InChI=1S/C31H44N2O/c1-29-12-5-13-31-26(29)10-14-30-18-23(19-34-24-8-6-21(7-9-24)11-15-32(2)3)22(17-27(30)31)16-25(30)28(31)33(4)20-29/h6-9,18,22,25-28H,5,10-17,19-20H2,1-4H3/t22?,25?,26-,27?,28?,29?,30-,31?/m1/s1. The summed E-state index contributed by atoms with van der Waals surface area (Å²) in [5, 5.41) is 0. The maximum Gasteiger partial charge on any atom is 0.119 e. The maximum atomic E-state index is 6.42. The largest absolute Gasteiger partial charge is 0.489 e. The average molecular weight is 461 g/mol. The number of piperidine rings is 1. The van der Waals surface area contributed by atoms with Gasteiger partial charge in [-0.15, -0.1) is 0 Å². The third kappa shape index (κ3) is 2.78. The Morgan fingerprint density at radius 3 is 2.68 bits per heavy atom. The van der Waals surface area contributed by atoms with Gasteiger partial charge in [0.2, 0.25) is 0 Å². The van der Waals surface area contributed by atoms with E-state index in [1.54, 1.807) is 5.57 Å². The number of likely N-dealkylation sites (N-methyl/N-ethyl adjacent to an activating group) is 1. The molecule has 6 bridgehead atoms. The molecule has 34 heavy (non-hydrogen) atoms. The molecule has 1 heterocycles. The third-order valence-corrected chi connectivity index (χ3v) is 11.9. The normalized spacial score (nSPS) is 46.0. The molecule has 0 radical (unpaired) electrons. The van der Waals surface area contributed by atoms with Crippen LogP contribution in [-0.4, -0.2) is 56.7 Å². The molecule has 3 heteroatoms. The van der Waals surface area contributed by atoms with Crippen molar-refractivity contribution in [2.24, 2.45) is 39.9 Å². The van der Waals surface area contributed by atoms with Crippen LogP contribution in [0, 0.1) is 39.9 Å². The van der Waals surface area contributed by atoms with Crippen LogP contribution in [0.1, 0.15) is 57.4 Å². The van der Waals surface area contributed by atoms with Crippen molar-refractivity contribution in [3.63, 3.8) is 0 Å². The van der Waals surface area contributed by atoms with Crippen LogP contribution in [0.4, 0.5) is 0 Å². The van der Waals surface area contributed by atoms with Gasteiger partial charge in [-0.2, -0.15) is 0 Å². The lowest BCUT2D eigenvalue weighted by Crippen LogP contribution is -2.65. The molecular formula is C31H44N2O. The number of allylic oxidation sites excluding steroid dienone is 1. The van der Waals surface area contributed by atoms with Crippen LogP contribution in [0.5, 0.6) is 5.75 Å². The minimum Gasteiger partial charge on any atom is -0.489 e. The quantitative estimate of drug-likeness (QED) is 0.510. The lowest BCUT2D eigenvalue weighted by atomic mass is 9.41. The lowest BCUT2D eigenvalue weighted by Gasteiger charge is -2.66. The minimum atomic E-state index is 0.474. The van der Waals surface area contributed by atoms with Crippen molar-refractivity contribution in [1.82, 2.24) is 9.80 Å². The molecule has 1 aromatic carbocycles. The molecule has 6 aliphatic carbocycles. The second-order valence-electron chi connectivity index (χ2n) is 13.7. The van der Waals surface area contributed by atoms with E-state index in [1.165, 1.54) is 57.1 Å². The van der Waals surface area contributed by atoms with Gasteiger partial charge in [0, 0.05) is 19.1 Å². The Morgan fingerprint density at radius 2 is 1.88 bits per heavy atom. The van der Waals surface area contributed by atoms with E-state index in [9.17, 15) is 0 Å². The van der Waals surface area contributed by atoms with Crippen molar-refractivity contribution in [1.29, 1.82) is 0 Å². The molecule has 0 amide bonds. The average Bonchev–Trinajstić information content (AvgIpc) is 2.90. The van der Waals surface area contributed by atoms with Crippen LogP contribution in [0.2, 0.25) is 0 Å². The second-order valence-corrected chi connectivity index (χ2v) is 13.7. The highest BCUT2D eigenvalue weighted by molar-refractivity contribution is 5.38. The molecule has 1 saturated heterocycles. The van der Waals surface area contributed by atoms with Gasteiger partial charge < -0.3 is 14.5 Å². The summed E-state index contributed by atoms with van der Waals surface area (Å²) in [5.41, 5.74) is 4.69. The topological polar surface area (TPSA) is 15.7 Å². The molecule has 5 fully saturated rings. The second kappa shape index (κ2) is 7.35. The fourth-order valence-corrected chi connectivity index (χ4v) is 11.1. The summed E-state index contributed by atoms with van der Waals surface area (Å²) in [6.07, 6.45) is 14.2. The van der Waals surface area contributed by atoms with E-state index >= 15 is 0 Å². The van der Waals surface area contributed by atoms with E-state index in [-0.39, 0.29) is 0 Å². The van der Waals surface area contributed by atoms with Gasteiger partial charge in [-0.3, -0.25) is 0 Å². The van der Waals surface area contributed by atoms with Gasteiger partial charge >= 0.3 is 0 Å². The zero-order chi connectivity index (χ0) is 23.3. The summed E-state index contributed by atoms with van der Waals surface area (Å²) in [7, 11) is 6.77. The van der Waals surface area contributed by atoms with Crippen LogP contribution in [0.25, 0.3) is 0 Å². The first-order chi connectivity index (χ1) is 16.4. The number of hydrogen-bond donors (Lipinski definition) is 0. The van der Waals surface area contributed by atoms with Gasteiger partial charge in [0.15, 0.2) is 0 Å². The predicted octanol–water partition coefficient (Wildman–Crippen LogP) is 5.65. The first kappa shape index (κ1) is 21.9. The van der Waals surface area contributed by atoms with Crippen molar-refractivity contribution in [3.8, 4) is 5.75 Å². The van der Waals surface area contributed by atoms with Gasteiger partial charge in [0.25, 0.3) is 0 Å². The molecule has 8 rings (SSSR count). The molecular weight excluding hydrogens is 416 g/mol. The zero-order valence-electron chi connectivity index (χ0n) is 21.9. The molecule has 7 aliphatic rings. The van der Waals surface area contributed by atoms with Gasteiger partial charge in [-0.05, 0) is 129 Å². The molecule has 2 spiro atoms. The highest BCUT2D eigenvalue weighted by atomic mass is 16.5. The number of likely N-dealkylation sites (tertiary alicyclic amines) is 1. The molecule has 8 atom stereocenters. The molecule has 4 saturated carbocycles. The van der Waals surface area contributed by atoms with Crippen LogP contribution >= 0.6 is 0 Å². The first-order valence-electron chi connectivity index (χ1n) is 14.1. The number of ether oxygens (including phenoxy) is 1. The molecule has 1 aliphatic heterocycles. The summed E-state index contributed by atoms with van der Waals surface area (Å²) in [4.78, 5) is 5.12. The van der Waals surface area contributed by atoms with E-state index in [1.807, 2.05) is 0 Å². The third-order valence-electron chi connectivity index (χ3n) is 11.9. The highest BCUT2D eigenvalue weighted by Gasteiger charge is 2.78. The van der Waals surface area contributed by atoms with E-state index in [0.29, 0.717) is 16.2 Å². The molecule has 184 valence electrons. The van der Waals surface area contributed by atoms with E-state index in [4.69, 9.17) is 4.74 Å². The van der Waals surface area contributed by atoms with Gasteiger partial charge in [0.1, 0.15) is 12.4 Å².